The number of fused-ring (bicyclic) bond motifs is 1. The van der Waals surface area contributed by atoms with Gasteiger partial charge in [0, 0.05) is 15.8 Å². The quantitative estimate of drug-likeness (QED) is 0.725. The van der Waals surface area contributed by atoms with E-state index in [0.717, 1.165) is 44.3 Å². The molecule has 0 saturated heterocycles. The highest BCUT2D eigenvalue weighted by atomic mass is 32.2. The van der Waals surface area contributed by atoms with Crippen LogP contribution in [0.1, 0.15) is 41.2 Å². The van der Waals surface area contributed by atoms with Crippen LogP contribution in [0.5, 0.6) is 5.75 Å². The number of carbonyl (C=O) groups excluding carboxylic acids is 1. The maximum Gasteiger partial charge on any atom is 0.183 e. The molecule has 0 spiro atoms. The Labute approximate surface area is 162 Å². The molecule has 1 aromatic carbocycles. The molecule has 0 saturated carbocycles. The van der Waals surface area contributed by atoms with Crippen molar-refractivity contribution < 1.29 is 9.53 Å². The Hall–Kier alpha value is -1.85. The van der Waals surface area contributed by atoms with Crippen molar-refractivity contribution in [2.24, 2.45) is 4.99 Å². The summed E-state index contributed by atoms with van der Waals surface area (Å²) in [5.41, 5.74) is 2.44. The summed E-state index contributed by atoms with van der Waals surface area (Å²) in [6.45, 7) is 6.25. The SMILES string of the molecule is COc1ccc2/c(c1)=C(SCC(=O)c1ccc(C)s1)\N=C(\C)CC/C=2C. The van der Waals surface area contributed by atoms with E-state index < -0.39 is 0 Å². The molecule has 0 atom stereocenters. The molecule has 5 heteroatoms. The predicted molar refractivity (Wildman–Crippen MR) is 113 cm³/mol. The highest BCUT2D eigenvalue weighted by Crippen LogP contribution is 2.24. The third kappa shape index (κ3) is 4.27. The summed E-state index contributed by atoms with van der Waals surface area (Å²) >= 11 is 3.07. The number of rotatable bonds is 5. The fourth-order valence-corrected chi connectivity index (χ4v) is 4.76. The summed E-state index contributed by atoms with van der Waals surface area (Å²) in [6, 6.07) is 10.0. The van der Waals surface area contributed by atoms with E-state index in [2.05, 4.69) is 19.9 Å². The molecule has 0 fully saturated rings. The number of aliphatic imine (C=N–C) groups is 1. The minimum absolute atomic E-state index is 0.153. The van der Waals surface area contributed by atoms with Gasteiger partial charge in [-0.2, -0.15) is 0 Å². The van der Waals surface area contributed by atoms with Crippen molar-refractivity contribution >= 4 is 45.2 Å². The van der Waals surface area contributed by atoms with Gasteiger partial charge in [-0.3, -0.25) is 9.79 Å². The normalized spacial score (nSPS) is 20.5. The molecule has 0 N–H and O–H groups in total. The first-order valence-electron chi connectivity index (χ1n) is 8.62. The topological polar surface area (TPSA) is 38.7 Å². The van der Waals surface area contributed by atoms with Crippen molar-refractivity contribution in [3.8, 4) is 5.75 Å². The lowest BCUT2D eigenvalue weighted by Gasteiger charge is -2.11. The Morgan fingerprint density at radius 2 is 1.96 bits per heavy atom. The summed E-state index contributed by atoms with van der Waals surface area (Å²) in [5.74, 6) is 1.35. The predicted octanol–water partition coefficient (Wildman–Crippen LogP) is 4.17. The maximum atomic E-state index is 12.5. The first kappa shape index (κ1) is 18.9. The molecule has 1 aliphatic heterocycles. The van der Waals surface area contributed by atoms with E-state index in [1.165, 1.54) is 22.6 Å². The number of hydrogen-bond donors (Lipinski definition) is 0. The fraction of sp³-hybridized carbons (Fsp3) is 0.333. The molecular formula is C21H23NO2S2. The number of methoxy groups -OCH3 is 1. The van der Waals surface area contributed by atoms with Gasteiger partial charge in [0.25, 0.3) is 0 Å². The van der Waals surface area contributed by atoms with Crippen molar-refractivity contribution in [3.63, 3.8) is 0 Å². The number of thiophene rings is 1. The summed E-state index contributed by atoms with van der Waals surface area (Å²) in [4.78, 5) is 19.3. The van der Waals surface area contributed by atoms with Crippen LogP contribution in [0, 0.1) is 6.92 Å². The molecule has 3 rings (SSSR count). The van der Waals surface area contributed by atoms with Gasteiger partial charge in [-0.15, -0.1) is 11.3 Å². The maximum absolute atomic E-state index is 12.5. The second kappa shape index (κ2) is 8.23. The van der Waals surface area contributed by atoms with Crippen molar-refractivity contribution in [3.05, 3.63) is 50.5 Å². The Morgan fingerprint density at radius 3 is 2.65 bits per heavy atom. The first-order valence-corrected chi connectivity index (χ1v) is 10.4. The average Bonchev–Trinajstić information content (AvgIpc) is 3.08. The van der Waals surface area contributed by atoms with Gasteiger partial charge in [0.1, 0.15) is 10.8 Å². The zero-order valence-corrected chi connectivity index (χ0v) is 17.2. The van der Waals surface area contributed by atoms with Gasteiger partial charge in [-0.25, -0.2) is 0 Å². The Morgan fingerprint density at radius 1 is 1.15 bits per heavy atom. The Bertz CT molecular complexity index is 986. The number of carbonyl (C=O) groups is 1. The van der Waals surface area contributed by atoms with Crippen LogP contribution in [-0.2, 0) is 0 Å². The third-order valence-corrected chi connectivity index (χ3v) is 6.46. The third-order valence-electron chi connectivity index (χ3n) is 4.43. The molecule has 0 bridgehead atoms. The van der Waals surface area contributed by atoms with Crippen molar-refractivity contribution in [1.82, 2.24) is 0 Å². The molecular weight excluding hydrogens is 362 g/mol. The molecule has 0 radical (unpaired) electrons. The van der Waals surface area contributed by atoms with Crippen LogP contribution < -0.4 is 15.2 Å². The lowest BCUT2D eigenvalue weighted by Crippen LogP contribution is -2.29. The van der Waals surface area contributed by atoms with Gasteiger partial charge in [-0.1, -0.05) is 23.4 Å². The van der Waals surface area contributed by atoms with Gasteiger partial charge < -0.3 is 4.74 Å². The van der Waals surface area contributed by atoms with Gasteiger partial charge in [0.15, 0.2) is 5.78 Å². The van der Waals surface area contributed by atoms with Gasteiger partial charge >= 0.3 is 0 Å². The van der Waals surface area contributed by atoms with Crippen LogP contribution in [-0.4, -0.2) is 24.4 Å². The zero-order valence-electron chi connectivity index (χ0n) is 15.6. The number of ether oxygens (including phenoxy) is 1. The molecule has 3 nitrogen and oxygen atoms in total. The summed E-state index contributed by atoms with van der Waals surface area (Å²) in [7, 11) is 1.67. The number of hydrogen-bond acceptors (Lipinski definition) is 5. The van der Waals surface area contributed by atoms with Gasteiger partial charge in [-0.05, 0) is 63.1 Å². The number of Topliss-reactive ketones (excluding diaryl/α,β-unsaturated/α-hetero) is 1. The number of aryl methyl sites for hydroxylation is 1. The molecule has 0 aliphatic carbocycles. The van der Waals surface area contributed by atoms with Crippen molar-refractivity contribution in [1.29, 1.82) is 0 Å². The van der Waals surface area contributed by atoms with E-state index in [0.29, 0.717) is 5.75 Å². The Kier molecular flexibility index (Phi) is 5.99. The zero-order chi connectivity index (χ0) is 18.7. The van der Waals surface area contributed by atoms with Crippen molar-refractivity contribution in [2.75, 3.05) is 12.9 Å². The van der Waals surface area contributed by atoms with Gasteiger partial charge in [0.05, 0.1) is 17.7 Å². The number of nitrogens with zero attached hydrogens (tertiary/aromatic N) is 1. The minimum Gasteiger partial charge on any atom is -0.497 e. The Balaban J connectivity index is 2.04. The monoisotopic (exact) mass is 385 g/mol. The first-order chi connectivity index (χ1) is 12.5. The van der Waals surface area contributed by atoms with Crippen LogP contribution in [0.3, 0.4) is 0 Å². The van der Waals surface area contributed by atoms with Crippen molar-refractivity contribution in [2.45, 2.75) is 33.6 Å². The second-order valence-electron chi connectivity index (χ2n) is 6.47. The summed E-state index contributed by atoms with van der Waals surface area (Å²) < 4.78 is 5.41. The molecule has 1 aromatic heterocycles. The van der Waals surface area contributed by atoms with E-state index in [1.807, 2.05) is 31.2 Å². The van der Waals surface area contributed by atoms with E-state index >= 15 is 0 Å². The highest BCUT2D eigenvalue weighted by Gasteiger charge is 2.13. The standard InChI is InChI=1S/C21H23NO2S2/c1-13-5-6-14(2)22-21(18-11-16(24-4)8-9-17(13)18)25-12-19(23)20-10-7-15(3)26-20/h7-11H,5-6,12H2,1-4H3/b17-13+,21-18+,22-14-. The van der Waals surface area contributed by atoms with E-state index in [-0.39, 0.29) is 5.78 Å². The molecule has 0 amide bonds. The summed E-state index contributed by atoms with van der Waals surface area (Å²) in [6.07, 6.45) is 1.94. The van der Waals surface area contributed by atoms with Crippen LogP contribution in [0.2, 0.25) is 0 Å². The van der Waals surface area contributed by atoms with Crippen LogP contribution in [0.15, 0.2) is 35.3 Å². The highest BCUT2D eigenvalue weighted by molar-refractivity contribution is 8.08. The largest absolute Gasteiger partial charge is 0.497 e. The van der Waals surface area contributed by atoms with Crippen LogP contribution in [0.25, 0.3) is 10.6 Å². The lowest BCUT2D eigenvalue weighted by atomic mass is 10.0. The van der Waals surface area contributed by atoms with Gasteiger partial charge in [0.2, 0.25) is 0 Å². The minimum atomic E-state index is 0.153. The van der Waals surface area contributed by atoms with E-state index in [9.17, 15) is 4.79 Å². The van der Waals surface area contributed by atoms with Crippen LogP contribution >= 0.6 is 23.1 Å². The fourth-order valence-electron chi connectivity index (χ4n) is 2.89. The number of benzene rings is 1. The molecule has 26 heavy (non-hydrogen) atoms. The molecule has 2 aromatic rings. The van der Waals surface area contributed by atoms with Crippen LogP contribution in [0.4, 0.5) is 0 Å². The average molecular weight is 386 g/mol. The summed E-state index contributed by atoms with van der Waals surface area (Å²) in [5, 5.41) is 3.15. The molecule has 1 aliphatic rings. The number of thioether (sulfide) groups is 1. The smallest absolute Gasteiger partial charge is 0.183 e. The molecule has 2 heterocycles. The van der Waals surface area contributed by atoms with E-state index in [4.69, 9.17) is 9.73 Å². The molecule has 0 unspecified atom stereocenters. The molecule has 136 valence electrons. The van der Waals surface area contributed by atoms with E-state index in [1.54, 1.807) is 18.4 Å². The lowest BCUT2D eigenvalue weighted by molar-refractivity contribution is 0.102. The second-order valence-corrected chi connectivity index (χ2v) is 8.72. The number of ketones is 1.